The maximum atomic E-state index is 12.0. The van der Waals surface area contributed by atoms with E-state index in [1.807, 2.05) is 18.2 Å². The van der Waals surface area contributed by atoms with Gasteiger partial charge in [-0.3, -0.25) is 14.9 Å². The number of nitrogens with zero attached hydrogens (tertiary/aromatic N) is 3. The Kier molecular flexibility index (Phi) is 6.50. The van der Waals surface area contributed by atoms with E-state index in [-0.39, 0.29) is 12.3 Å². The van der Waals surface area contributed by atoms with Crippen LogP contribution >= 0.6 is 11.6 Å². The standard InChI is InChI=1S/C23H25ClN6O3/c1-4-13(2)11-25-19-10-18(27-16-6-5-7-17(33-3)21(16)24)28-22-15(12-26-30(19)22)8-14-9-20(31)29-23(14)32/h5-8,10,12-13,25H,4,9,11H2,1-3H3,(H,27,28)(H,29,31,32). The molecule has 9 nitrogen and oxygen atoms in total. The molecule has 1 aliphatic rings. The van der Waals surface area contributed by atoms with Crippen LogP contribution in [0.4, 0.5) is 17.3 Å². The van der Waals surface area contributed by atoms with Crippen LogP contribution in [0.15, 0.2) is 36.0 Å². The molecule has 1 aromatic carbocycles. The number of fused-ring (bicyclic) bond motifs is 1. The van der Waals surface area contributed by atoms with Crippen molar-refractivity contribution in [3.8, 4) is 5.75 Å². The van der Waals surface area contributed by atoms with Crippen LogP contribution in [0, 0.1) is 5.92 Å². The number of ether oxygens (including phenoxy) is 1. The van der Waals surface area contributed by atoms with Gasteiger partial charge in [0.05, 0.1) is 25.4 Å². The normalized spacial score (nSPS) is 15.7. The second-order valence-electron chi connectivity index (χ2n) is 7.93. The summed E-state index contributed by atoms with van der Waals surface area (Å²) < 4.78 is 6.98. The minimum atomic E-state index is -0.396. The third kappa shape index (κ3) is 4.78. The van der Waals surface area contributed by atoms with E-state index in [2.05, 4.69) is 34.9 Å². The van der Waals surface area contributed by atoms with Crippen molar-refractivity contribution in [2.45, 2.75) is 26.7 Å². The third-order valence-electron chi connectivity index (χ3n) is 5.50. The van der Waals surface area contributed by atoms with Crippen molar-refractivity contribution in [1.82, 2.24) is 19.9 Å². The number of amides is 2. The molecule has 0 aliphatic carbocycles. The first-order valence-electron chi connectivity index (χ1n) is 10.7. The van der Waals surface area contributed by atoms with Crippen LogP contribution in [0.3, 0.4) is 0 Å². The summed E-state index contributed by atoms with van der Waals surface area (Å²) in [6.07, 6.45) is 4.34. The molecule has 0 bridgehead atoms. The van der Waals surface area contributed by atoms with Gasteiger partial charge >= 0.3 is 0 Å². The molecule has 172 valence electrons. The summed E-state index contributed by atoms with van der Waals surface area (Å²) in [7, 11) is 1.56. The van der Waals surface area contributed by atoms with Crippen molar-refractivity contribution in [3.05, 3.63) is 46.6 Å². The lowest BCUT2D eigenvalue weighted by Crippen LogP contribution is -2.19. The maximum Gasteiger partial charge on any atom is 0.254 e. The predicted molar refractivity (Wildman–Crippen MR) is 128 cm³/mol. The van der Waals surface area contributed by atoms with Gasteiger partial charge in [0.2, 0.25) is 5.91 Å². The summed E-state index contributed by atoms with van der Waals surface area (Å²) in [4.78, 5) is 28.3. The molecule has 2 amide bonds. The average molecular weight is 469 g/mol. The lowest BCUT2D eigenvalue weighted by Gasteiger charge is -2.15. The summed E-state index contributed by atoms with van der Waals surface area (Å²) in [5.41, 5.74) is 2.17. The molecule has 0 saturated carbocycles. The Morgan fingerprint density at radius 1 is 1.36 bits per heavy atom. The number of carbonyl (C=O) groups excluding carboxylic acids is 2. The van der Waals surface area contributed by atoms with Crippen LogP contribution in [0.5, 0.6) is 5.75 Å². The highest BCUT2D eigenvalue weighted by molar-refractivity contribution is 6.34. The number of anilines is 3. The fourth-order valence-corrected chi connectivity index (χ4v) is 3.66. The summed E-state index contributed by atoms with van der Waals surface area (Å²) >= 11 is 6.46. The molecular weight excluding hydrogens is 444 g/mol. The summed E-state index contributed by atoms with van der Waals surface area (Å²) in [6.45, 7) is 5.05. The molecule has 0 radical (unpaired) electrons. The zero-order valence-electron chi connectivity index (χ0n) is 18.6. The lowest BCUT2D eigenvalue weighted by molar-refractivity contribution is -0.124. The molecule has 1 atom stereocenters. The van der Waals surface area contributed by atoms with Gasteiger partial charge in [-0.15, -0.1) is 0 Å². The molecule has 1 aliphatic heterocycles. The third-order valence-corrected chi connectivity index (χ3v) is 5.89. The molecule has 33 heavy (non-hydrogen) atoms. The number of methoxy groups -OCH3 is 1. The van der Waals surface area contributed by atoms with E-state index in [4.69, 9.17) is 21.3 Å². The van der Waals surface area contributed by atoms with E-state index in [1.165, 1.54) is 0 Å². The molecule has 0 spiro atoms. The Hall–Kier alpha value is -3.59. The minimum Gasteiger partial charge on any atom is -0.495 e. The molecule has 4 rings (SSSR count). The first-order valence-corrected chi connectivity index (χ1v) is 11.0. The highest BCUT2D eigenvalue weighted by atomic mass is 35.5. The number of hydrogen-bond donors (Lipinski definition) is 3. The van der Waals surface area contributed by atoms with E-state index >= 15 is 0 Å². The first-order chi connectivity index (χ1) is 15.9. The molecular formula is C23H25ClN6O3. The maximum absolute atomic E-state index is 12.0. The molecule has 1 saturated heterocycles. The second kappa shape index (κ2) is 9.50. The van der Waals surface area contributed by atoms with Crippen LogP contribution < -0.4 is 20.7 Å². The van der Waals surface area contributed by atoms with Gasteiger partial charge < -0.3 is 15.4 Å². The minimum absolute atomic E-state index is 0.0344. The zero-order chi connectivity index (χ0) is 23.5. The van der Waals surface area contributed by atoms with Crippen LogP contribution in [0.1, 0.15) is 32.3 Å². The number of aromatic nitrogens is 3. The van der Waals surface area contributed by atoms with Crippen molar-refractivity contribution < 1.29 is 14.3 Å². The lowest BCUT2D eigenvalue weighted by atomic mass is 10.1. The van der Waals surface area contributed by atoms with Crippen molar-refractivity contribution in [2.75, 3.05) is 24.3 Å². The number of nitrogens with one attached hydrogen (secondary N) is 3. The van der Waals surface area contributed by atoms with E-state index in [0.717, 1.165) is 18.8 Å². The number of benzene rings is 1. The van der Waals surface area contributed by atoms with Gasteiger partial charge in [0, 0.05) is 23.7 Å². The van der Waals surface area contributed by atoms with Crippen molar-refractivity contribution in [3.63, 3.8) is 0 Å². The fraction of sp³-hybridized carbons (Fsp3) is 0.304. The predicted octanol–water partition coefficient (Wildman–Crippen LogP) is 4.02. The highest BCUT2D eigenvalue weighted by Crippen LogP contribution is 2.34. The first kappa shape index (κ1) is 22.6. The van der Waals surface area contributed by atoms with E-state index < -0.39 is 5.91 Å². The quantitative estimate of drug-likeness (QED) is 0.338. The van der Waals surface area contributed by atoms with Gasteiger partial charge in [-0.2, -0.15) is 9.61 Å². The Morgan fingerprint density at radius 3 is 2.88 bits per heavy atom. The Balaban J connectivity index is 1.77. The van der Waals surface area contributed by atoms with Crippen LogP contribution in [-0.4, -0.2) is 40.1 Å². The Labute approximate surface area is 196 Å². The van der Waals surface area contributed by atoms with Gasteiger partial charge in [-0.25, -0.2) is 4.98 Å². The summed E-state index contributed by atoms with van der Waals surface area (Å²) in [5, 5.41) is 13.9. The van der Waals surface area contributed by atoms with Gasteiger partial charge in [-0.05, 0) is 24.1 Å². The summed E-state index contributed by atoms with van der Waals surface area (Å²) in [6, 6.07) is 7.29. The monoisotopic (exact) mass is 468 g/mol. The molecule has 3 heterocycles. The van der Waals surface area contributed by atoms with E-state index in [9.17, 15) is 9.59 Å². The van der Waals surface area contributed by atoms with Crippen molar-refractivity contribution in [2.24, 2.45) is 5.92 Å². The van der Waals surface area contributed by atoms with Crippen molar-refractivity contribution >= 4 is 52.5 Å². The zero-order valence-corrected chi connectivity index (χ0v) is 19.4. The van der Waals surface area contributed by atoms with Crippen LogP contribution in [0.25, 0.3) is 11.7 Å². The Morgan fingerprint density at radius 2 is 2.18 bits per heavy atom. The summed E-state index contributed by atoms with van der Waals surface area (Å²) in [5.74, 6) is 1.57. The van der Waals surface area contributed by atoms with E-state index in [0.29, 0.717) is 45.0 Å². The van der Waals surface area contributed by atoms with Crippen LogP contribution in [-0.2, 0) is 9.59 Å². The fourth-order valence-electron chi connectivity index (χ4n) is 3.41. The number of hydrogen-bond acceptors (Lipinski definition) is 7. The van der Waals surface area contributed by atoms with Gasteiger partial charge in [-0.1, -0.05) is 37.9 Å². The number of imide groups is 1. The van der Waals surface area contributed by atoms with Gasteiger partial charge in [0.25, 0.3) is 5.91 Å². The van der Waals surface area contributed by atoms with Gasteiger partial charge in [0.1, 0.15) is 22.4 Å². The Bertz CT molecular complexity index is 1250. The molecule has 1 fully saturated rings. The number of carbonyl (C=O) groups is 2. The SMILES string of the molecule is CCC(C)CNc1cc(Nc2cccc(OC)c2Cl)nc2c(C=C3CC(=O)NC3=O)cnn12. The molecule has 1 unspecified atom stereocenters. The average Bonchev–Trinajstić information content (AvgIpc) is 3.35. The smallest absolute Gasteiger partial charge is 0.254 e. The van der Waals surface area contributed by atoms with Crippen molar-refractivity contribution in [1.29, 1.82) is 0 Å². The molecule has 3 N–H and O–H groups in total. The highest BCUT2D eigenvalue weighted by Gasteiger charge is 2.24. The number of halogens is 1. The second-order valence-corrected chi connectivity index (χ2v) is 8.30. The van der Waals surface area contributed by atoms with Crippen LogP contribution in [0.2, 0.25) is 5.02 Å². The topological polar surface area (TPSA) is 110 Å². The molecule has 10 heteroatoms. The van der Waals surface area contributed by atoms with Gasteiger partial charge in [0.15, 0.2) is 5.65 Å². The largest absolute Gasteiger partial charge is 0.495 e. The molecule has 3 aromatic rings. The molecule has 2 aromatic heterocycles. The number of rotatable bonds is 8. The van der Waals surface area contributed by atoms with E-state index in [1.54, 1.807) is 30.0 Å².